The predicted octanol–water partition coefficient (Wildman–Crippen LogP) is 3.06. The number of carbonyl (C=O) groups excluding carboxylic acids is 2. The van der Waals surface area contributed by atoms with Crippen LogP contribution in [0.15, 0.2) is 36.5 Å². The Morgan fingerprint density at radius 3 is 2.61 bits per heavy atom. The molecule has 2 aliphatic heterocycles. The third-order valence-corrected chi connectivity index (χ3v) is 8.10. The molecule has 36 heavy (non-hydrogen) atoms. The van der Waals surface area contributed by atoms with Crippen molar-refractivity contribution in [1.82, 2.24) is 20.9 Å². The lowest BCUT2D eigenvalue weighted by molar-refractivity contribution is 0.0918. The topological polar surface area (TPSA) is 95.6 Å². The zero-order valence-electron chi connectivity index (χ0n) is 21.3. The second-order valence-corrected chi connectivity index (χ2v) is 10.3. The van der Waals surface area contributed by atoms with Crippen molar-refractivity contribution in [2.24, 2.45) is 5.92 Å². The number of nitrogens with one attached hydrogen (secondary N) is 3. The lowest BCUT2D eigenvalue weighted by Crippen LogP contribution is -2.47. The lowest BCUT2D eigenvalue weighted by atomic mass is 9.76. The van der Waals surface area contributed by atoms with E-state index in [9.17, 15) is 9.59 Å². The van der Waals surface area contributed by atoms with Crippen LogP contribution in [0.3, 0.4) is 0 Å². The number of fused-ring (bicyclic) bond motifs is 1. The molecule has 1 aromatic carbocycles. The summed E-state index contributed by atoms with van der Waals surface area (Å²) in [6.45, 7) is 4.59. The van der Waals surface area contributed by atoms with Gasteiger partial charge in [-0.1, -0.05) is 6.07 Å². The highest BCUT2D eigenvalue weighted by Crippen LogP contribution is 2.40. The average Bonchev–Trinajstić information content (AvgIpc) is 3.00. The van der Waals surface area contributed by atoms with Gasteiger partial charge in [0.1, 0.15) is 11.6 Å². The van der Waals surface area contributed by atoms with Crippen LogP contribution in [0.1, 0.15) is 64.8 Å². The summed E-state index contributed by atoms with van der Waals surface area (Å²) >= 11 is 0. The first kappa shape index (κ1) is 24.6. The summed E-state index contributed by atoms with van der Waals surface area (Å²) in [5.74, 6) is 2.08. The van der Waals surface area contributed by atoms with E-state index in [-0.39, 0.29) is 23.9 Å². The molecule has 3 heterocycles. The van der Waals surface area contributed by atoms with Gasteiger partial charge in [-0.15, -0.1) is 0 Å². The van der Waals surface area contributed by atoms with Gasteiger partial charge in [0.25, 0.3) is 11.8 Å². The summed E-state index contributed by atoms with van der Waals surface area (Å²) in [5, 5.41) is 9.73. The van der Waals surface area contributed by atoms with Crippen molar-refractivity contribution in [3.63, 3.8) is 0 Å². The molecular formula is C28H37N5O3. The normalized spacial score (nSPS) is 25.7. The number of hydrogen-bond donors (Lipinski definition) is 3. The SMILES string of the molecule is COc1cccc(C(=O)NC2CCN(c3ccc(C(=O)NC4CCCNC4)cn3)C3CCC3C2)c1C. The molecule has 1 saturated carbocycles. The first-order valence-electron chi connectivity index (χ1n) is 13.2. The third kappa shape index (κ3) is 5.19. The summed E-state index contributed by atoms with van der Waals surface area (Å²) in [6, 6.07) is 10.2. The maximum absolute atomic E-state index is 13.1. The van der Waals surface area contributed by atoms with Crippen LogP contribution >= 0.6 is 0 Å². The average molecular weight is 492 g/mol. The molecule has 4 atom stereocenters. The summed E-state index contributed by atoms with van der Waals surface area (Å²) in [6.07, 6.45) is 7.94. The van der Waals surface area contributed by atoms with Gasteiger partial charge < -0.3 is 25.6 Å². The fraction of sp³-hybridized carbons (Fsp3) is 0.536. The second kappa shape index (κ2) is 10.9. The number of aromatic nitrogens is 1. The van der Waals surface area contributed by atoms with Gasteiger partial charge in [0, 0.05) is 48.5 Å². The number of nitrogens with zero attached hydrogens (tertiary/aromatic N) is 2. The molecule has 1 aliphatic carbocycles. The number of pyridine rings is 1. The van der Waals surface area contributed by atoms with E-state index in [1.807, 2.05) is 37.3 Å². The molecule has 0 radical (unpaired) electrons. The molecule has 0 bridgehead atoms. The highest BCUT2D eigenvalue weighted by Gasteiger charge is 2.40. The number of anilines is 1. The van der Waals surface area contributed by atoms with Crippen molar-refractivity contribution < 1.29 is 14.3 Å². The molecule has 2 aromatic rings. The van der Waals surface area contributed by atoms with Gasteiger partial charge in [-0.2, -0.15) is 0 Å². The van der Waals surface area contributed by atoms with Crippen LogP contribution in [0.5, 0.6) is 5.75 Å². The van der Waals surface area contributed by atoms with Crippen LogP contribution in [-0.2, 0) is 0 Å². The molecule has 192 valence electrons. The van der Waals surface area contributed by atoms with Gasteiger partial charge in [0.15, 0.2) is 0 Å². The van der Waals surface area contributed by atoms with E-state index < -0.39 is 0 Å². The number of piperidine rings is 1. The van der Waals surface area contributed by atoms with Crippen LogP contribution in [-0.4, -0.2) is 61.7 Å². The molecule has 1 aromatic heterocycles. The molecule has 0 spiro atoms. The number of methoxy groups -OCH3 is 1. The number of hydrogen-bond acceptors (Lipinski definition) is 6. The van der Waals surface area contributed by atoms with Crippen LogP contribution in [0, 0.1) is 12.8 Å². The van der Waals surface area contributed by atoms with Gasteiger partial charge in [-0.05, 0) is 82.2 Å². The molecule has 3 N–H and O–H groups in total. The van der Waals surface area contributed by atoms with Gasteiger partial charge in [-0.3, -0.25) is 9.59 Å². The van der Waals surface area contributed by atoms with Crippen LogP contribution in [0.25, 0.3) is 0 Å². The monoisotopic (exact) mass is 491 g/mol. The Balaban J connectivity index is 1.22. The van der Waals surface area contributed by atoms with Crippen molar-refractivity contribution in [1.29, 1.82) is 0 Å². The fourth-order valence-corrected chi connectivity index (χ4v) is 5.88. The number of amides is 2. The summed E-state index contributed by atoms with van der Waals surface area (Å²) in [5.41, 5.74) is 2.13. The standard InChI is InChI=1S/C28H37N5O3/c1-18-23(6-3-7-25(18)36-2)28(35)31-21-12-14-33(24-10-8-19(24)15-21)26-11-9-20(16-30-26)27(34)32-22-5-4-13-29-17-22/h3,6-7,9,11,16,19,21-22,24,29H,4-5,8,10,12-15,17H2,1-2H3,(H,31,35)(H,32,34). The molecule has 8 nitrogen and oxygen atoms in total. The molecule has 4 unspecified atom stereocenters. The molecule has 3 fully saturated rings. The van der Waals surface area contributed by atoms with Crippen molar-refractivity contribution in [2.45, 2.75) is 63.6 Å². The Labute approximate surface area is 213 Å². The molecule has 2 amide bonds. The molecular weight excluding hydrogens is 454 g/mol. The van der Waals surface area contributed by atoms with Crippen LogP contribution in [0.4, 0.5) is 5.82 Å². The highest BCUT2D eigenvalue weighted by molar-refractivity contribution is 5.96. The maximum atomic E-state index is 13.1. The minimum atomic E-state index is -0.0595. The number of ether oxygens (including phenoxy) is 1. The minimum Gasteiger partial charge on any atom is -0.496 e. The Kier molecular flexibility index (Phi) is 7.41. The van der Waals surface area contributed by atoms with E-state index in [4.69, 9.17) is 4.74 Å². The first-order valence-corrected chi connectivity index (χ1v) is 13.2. The van der Waals surface area contributed by atoms with Crippen molar-refractivity contribution in [2.75, 3.05) is 31.6 Å². The van der Waals surface area contributed by atoms with Crippen LogP contribution < -0.4 is 25.6 Å². The van der Waals surface area contributed by atoms with E-state index in [1.165, 1.54) is 6.42 Å². The molecule has 3 aliphatic rings. The lowest BCUT2D eigenvalue weighted by Gasteiger charge is -2.43. The van der Waals surface area contributed by atoms with E-state index in [0.717, 1.165) is 68.9 Å². The molecule has 2 saturated heterocycles. The van der Waals surface area contributed by atoms with Crippen molar-refractivity contribution in [3.05, 3.63) is 53.2 Å². The highest BCUT2D eigenvalue weighted by atomic mass is 16.5. The Morgan fingerprint density at radius 1 is 1.06 bits per heavy atom. The summed E-state index contributed by atoms with van der Waals surface area (Å²) in [7, 11) is 1.63. The number of benzene rings is 1. The zero-order chi connectivity index (χ0) is 25.1. The predicted molar refractivity (Wildman–Crippen MR) is 140 cm³/mol. The van der Waals surface area contributed by atoms with Gasteiger partial charge in [0.05, 0.1) is 12.7 Å². The smallest absolute Gasteiger partial charge is 0.253 e. The Morgan fingerprint density at radius 2 is 1.92 bits per heavy atom. The van der Waals surface area contributed by atoms with E-state index in [1.54, 1.807) is 13.3 Å². The van der Waals surface area contributed by atoms with Gasteiger partial charge in [0.2, 0.25) is 0 Å². The van der Waals surface area contributed by atoms with E-state index >= 15 is 0 Å². The van der Waals surface area contributed by atoms with Gasteiger partial charge in [-0.25, -0.2) is 4.98 Å². The van der Waals surface area contributed by atoms with E-state index in [2.05, 4.69) is 25.8 Å². The fourth-order valence-electron chi connectivity index (χ4n) is 5.88. The maximum Gasteiger partial charge on any atom is 0.253 e. The second-order valence-electron chi connectivity index (χ2n) is 10.3. The van der Waals surface area contributed by atoms with Crippen molar-refractivity contribution >= 4 is 17.6 Å². The Bertz CT molecular complexity index is 1080. The first-order chi connectivity index (χ1) is 17.5. The molecule has 8 heteroatoms. The largest absolute Gasteiger partial charge is 0.496 e. The Hall–Kier alpha value is -3.13. The number of carbonyl (C=O) groups is 2. The quantitative estimate of drug-likeness (QED) is 0.575. The van der Waals surface area contributed by atoms with E-state index in [0.29, 0.717) is 23.1 Å². The summed E-state index contributed by atoms with van der Waals surface area (Å²) < 4.78 is 5.39. The van der Waals surface area contributed by atoms with Crippen molar-refractivity contribution in [3.8, 4) is 5.75 Å². The van der Waals surface area contributed by atoms with Crippen LogP contribution in [0.2, 0.25) is 0 Å². The zero-order valence-corrected chi connectivity index (χ0v) is 21.3. The summed E-state index contributed by atoms with van der Waals surface area (Å²) in [4.78, 5) is 32.8. The number of rotatable bonds is 6. The third-order valence-electron chi connectivity index (χ3n) is 8.10. The van der Waals surface area contributed by atoms with Gasteiger partial charge >= 0.3 is 0 Å². The minimum absolute atomic E-state index is 0.0395. The molecule has 5 rings (SSSR count).